The van der Waals surface area contributed by atoms with Gasteiger partial charge >= 0.3 is 0 Å². The van der Waals surface area contributed by atoms with Crippen molar-refractivity contribution in [1.82, 2.24) is 10.6 Å². The van der Waals surface area contributed by atoms with Gasteiger partial charge in [-0.3, -0.25) is 19.2 Å². The fourth-order valence-corrected chi connectivity index (χ4v) is 1.35. The van der Waals surface area contributed by atoms with Gasteiger partial charge in [-0.05, 0) is 19.3 Å². The first-order valence-electron chi connectivity index (χ1n) is 5.48. The molecule has 0 aliphatic heterocycles. The Balaban J connectivity index is 3.91. The molecule has 6 nitrogen and oxygen atoms in total. The second-order valence-corrected chi connectivity index (χ2v) is 3.75. The monoisotopic (exact) mass is 242 g/mol. The molecule has 2 amide bonds. The number of ketones is 1. The van der Waals surface area contributed by atoms with Crippen molar-refractivity contribution in [3.8, 4) is 0 Å². The zero-order chi connectivity index (χ0) is 13.3. The number of carbonyl (C=O) groups excluding carboxylic acids is 4. The molecule has 17 heavy (non-hydrogen) atoms. The van der Waals surface area contributed by atoms with Crippen molar-refractivity contribution in [2.24, 2.45) is 0 Å². The van der Waals surface area contributed by atoms with Gasteiger partial charge < -0.3 is 10.6 Å². The third-order valence-electron chi connectivity index (χ3n) is 2.13. The first-order valence-corrected chi connectivity index (χ1v) is 5.48. The SMILES string of the molecule is CC(=O)NCCCCC(NC(C)=O)C(=O)C=O. The highest BCUT2D eigenvalue weighted by Crippen LogP contribution is 2.01. The van der Waals surface area contributed by atoms with Crippen LogP contribution >= 0.6 is 0 Å². The summed E-state index contributed by atoms with van der Waals surface area (Å²) in [6, 6.07) is -0.748. The summed E-state index contributed by atoms with van der Waals surface area (Å²) in [5.74, 6) is -1.07. The molecule has 6 heteroatoms. The van der Waals surface area contributed by atoms with E-state index in [-0.39, 0.29) is 18.1 Å². The lowest BCUT2D eigenvalue weighted by Gasteiger charge is -2.13. The van der Waals surface area contributed by atoms with Crippen molar-refractivity contribution < 1.29 is 19.2 Å². The fraction of sp³-hybridized carbons (Fsp3) is 0.636. The first-order chi connectivity index (χ1) is 7.97. The number of rotatable bonds is 8. The van der Waals surface area contributed by atoms with Gasteiger partial charge in [0.15, 0.2) is 6.29 Å². The molecular weight excluding hydrogens is 224 g/mol. The Morgan fingerprint density at radius 1 is 1.12 bits per heavy atom. The van der Waals surface area contributed by atoms with Gasteiger partial charge in [0.2, 0.25) is 17.6 Å². The van der Waals surface area contributed by atoms with Crippen molar-refractivity contribution in [3.05, 3.63) is 0 Å². The van der Waals surface area contributed by atoms with Crippen LogP contribution in [0.15, 0.2) is 0 Å². The molecule has 1 atom stereocenters. The number of hydrogen-bond acceptors (Lipinski definition) is 4. The quantitative estimate of drug-likeness (QED) is 0.343. The molecule has 0 saturated heterocycles. The average molecular weight is 242 g/mol. The van der Waals surface area contributed by atoms with Crippen molar-refractivity contribution in [2.75, 3.05) is 6.54 Å². The maximum Gasteiger partial charge on any atom is 0.217 e. The lowest BCUT2D eigenvalue weighted by atomic mass is 10.1. The maximum atomic E-state index is 11.2. The van der Waals surface area contributed by atoms with Crippen LogP contribution in [0.2, 0.25) is 0 Å². The smallest absolute Gasteiger partial charge is 0.217 e. The molecule has 1 unspecified atom stereocenters. The van der Waals surface area contributed by atoms with Crippen molar-refractivity contribution in [1.29, 1.82) is 0 Å². The Labute approximate surface area is 100 Å². The van der Waals surface area contributed by atoms with E-state index < -0.39 is 11.8 Å². The van der Waals surface area contributed by atoms with Crippen molar-refractivity contribution >= 4 is 23.9 Å². The van der Waals surface area contributed by atoms with Crippen LogP contribution in [0.3, 0.4) is 0 Å². The Morgan fingerprint density at radius 3 is 2.24 bits per heavy atom. The van der Waals surface area contributed by atoms with Gasteiger partial charge in [-0.1, -0.05) is 0 Å². The molecule has 0 bridgehead atoms. The summed E-state index contributed by atoms with van der Waals surface area (Å²) in [7, 11) is 0. The number of Topliss-reactive ketones (excluding diaryl/α,β-unsaturated/α-hetero) is 1. The van der Waals surface area contributed by atoms with E-state index in [1.165, 1.54) is 13.8 Å². The summed E-state index contributed by atoms with van der Waals surface area (Å²) in [6.07, 6.45) is 1.96. The number of unbranched alkanes of at least 4 members (excludes halogenated alkanes) is 1. The first kappa shape index (κ1) is 15.3. The number of aldehydes is 1. The van der Waals surface area contributed by atoms with Crippen LogP contribution in [0.1, 0.15) is 33.1 Å². The van der Waals surface area contributed by atoms with Crippen LogP contribution < -0.4 is 10.6 Å². The van der Waals surface area contributed by atoms with Gasteiger partial charge in [0.1, 0.15) is 0 Å². The summed E-state index contributed by atoms with van der Waals surface area (Å²) in [6.45, 7) is 3.25. The number of hydrogen-bond donors (Lipinski definition) is 2. The van der Waals surface area contributed by atoms with Gasteiger partial charge in [-0.2, -0.15) is 0 Å². The molecule has 0 rings (SSSR count). The second-order valence-electron chi connectivity index (χ2n) is 3.75. The zero-order valence-corrected chi connectivity index (χ0v) is 10.1. The maximum absolute atomic E-state index is 11.2. The molecular formula is C11H18N2O4. The minimum Gasteiger partial charge on any atom is -0.356 e. The molecule has 0 aromatic rings. The summed E-state index contributed by atoms with van der Waals surface area (Å²) in [5.41, 5.74) is 0. The van der Waals surface area contributed by atoms with Crippen LogP contribution in [-0.2, 0) is 19.2 Å². The molecule has 0 aliphatic rings. The zero-order valence-electron chi connectivity index (χ0n) is 10.1. The normalized spacial score (nSPS) is 11.4. The molecule has 0 heterocycles. The van der Waals surface area contributed by atoms with Crippen LogP contribution in [0.4, 0.5) is 0 Å². The molecule has 0 fully saturated rings. The summed E-state index contributed by atoms with van der Waals surface area (Å²) in [5, 5.41) is 5.05. The van der Waals surface area contributed by atoms with Gasteiger partial charge in [-0.25, -0.2) is 0 Å². The summed E-state index contributed by atoms with van der Waals surface area (Å²) >= 11 is 0. The van der Waals surface area contributed by atoms with E-state index in [9.17, 15) is 19.2 Å². The van der Waals surface area contributed by atoms with Crippen LogP contribution in [0, 0.1) is 0 Å². The predicted molar refractivity (Wildman–Crippen MR) is 61.2 cm³/mol. The topological polar surface area (TPSA) is 92.3 Å². The predicted octanol–water partition coefficient (Wildman–Crippen LogP) is -0.434. The van der Waals surface area contributed by atoms with E-state index in [0.29, 0.717) is 25.8 Å². The fourth-order valence-electron chi connectivity index (χ4n) is 1.35. The lowest BCUT2D eigenvalue weighted by molar-refractivity contribution is -0.133. The van der Waals surface area contributed by atoms with E-state index in [0.717, 1.165) is 0 Å². The lowest BCUT2D eigenvalue weighted by Crippen LogP contribution is -2.40. The third-order valence-corrected chi connectivity index (χ3v) is 2.13. The Morgan fingerprint density at radius 2 is 1.76 bits per heavy atom. The Bertz CT molecular complexity index is 302. The Kier molecular flexibility index (Phi) is 7.58. The highest BCUT2D eigenvalue weighted by Gasteiger charge is 2.17. The number of amides is 2. The number of nitrogens with one attached hydrogen (secondary N) is 2. The third kappa shape index (κ3) is 8.12. The standard InChI is InChI=1S/C11H18N2O4/c1-8(15)12-6-4-3-5-10(11(17)7-14)13-9(2)16/h7,10H,3-6H2,1-2H3,(H,12,15)(H,13,16). The van der Waals surface area contributed by atoms with E-state index >= 15 is 0 Å². The molecule has 0 radical (unpaired) electrons. The molecule has 2 N–H and O–H groups in total. The largest absolute Gasteiger partial charge is 0.356 e. The summed E-state index contributed by atoms with van der Waals surface area (Å²) in [4.78, 5) is 42.9. The van der Waals surface area contributed by atoms with Gasteiger partial charge in [0.05, 0.1) is 6.04 Å². The Hall–Kier alpha value is -1.72. The van der Waals surface area contributed by atoms with Gasteiger partial charge in [-0.15, -0.1) is 0 Å². The number of carbonyl (C=O) groups is 4. The van der Waals surface area contributed by atoms with Gasteiger partial charge in [0, 0.05) is 20.4 Å². The van der Waals surface area contributed by atoms with Crippen LogP contribution in [-0.4, -0.2) is 36.5 Å². The van der Waals surface area contributed by atoms with Gasteiger partial charge in [0.25, 0.3) is 0 Å². The minimum absolute atomic E-state index is 0.104. The highest BCUT2D eigenvalue weighted by molar-refractivity contribution is 6.27. The van der Waals surface area contributed by atoms with Crippen molar-refractivity contribution in [2.45, 2.75) is 39.2 Å². The van der Waals surface area contributed by atoms with E-state index in [1.54, 1.807) is 0 Å². The van der Waals surface area contributed by atoms with E-state index in [1.807, 2.05) is 0 Å². The summed E-state index contributed by atoms with van der Waals surface area (Å²) < 4.78 is 0. The van der Waals surface area contributed by atoms with Crippen molar-refractivity contribution in [3.63, 3.8) is 0 Å². The van der Waals surface area contributed by atoms with Crippen LogP contribution in [0.5, 0.6) is 0 Å². The second kappa shape index (κ2) is 8.43. The molecule has 0 aliphatic carbocycles. The molecule has 0 aromatic carbocycles. The molecule has 96 valence electrons. The molecule has 0 aromatic heterocycles. The van der Waals surface area contributed by atoms with E-state index in [2.05, 4.69) is 10.6 Å². The minimum atomic E-state index is -0.748. The molecule has 0 spiro atoms. The highest BCUT2D eigenvalue weighted by atomic mass is 16.2. The van der Waals surface area contributed by atoms with Crippen LogP contribution in [0.25, 0.3) is 0 Å². The average Bonchev–Trinajstić information content (AvgIpc) is 2.25. The molecule has 0 saturated carbocycles. The van der Waals surface area contributed by atoms with E-state index in [4.69, 9.17) is 0 Å².